The van der Waals surface area contributed by atoms with Crippen molar-refractivity contribution >= 4 is 5.91 Å². The van der Waals surface area contributed by atoms with Crippen LogP contribution in [-0.4, -0.2) is 42.5 Å². The van der Waals surface area contributed by atoms with Gasteiger partial charge in [0.05, 0.1) is 12.6 Å². The number of nitrogens with two attached hydrogens (primary N) is 1. The van der Waals surface area contributed by atoms with Crippen LogP contribution in [0.15, 0.2) is 0 Å². The normalized spacial score (nSPS) is 30.6. The Bertz CT molecular complexity index is 213. The van der Waals surface area contributed by atoms with Crippen LogP contribution in [0.4, 0.5) is 0 Å². The van der Waals surface area contributed by atoms with Gasteiger partial charge in [-0.15, -0.1) is 0 Å². The molecule has 80 valence electrons. The van der Waals surface area contributed by atoms with E-state index in [9.17, 15) is 4.79 Å². The molecule has 4 heteroatoms. The highest BCUT2D eigenvalue weighted by Gasteiger charge is 2.30. The quantitative estimate of drug-likeness (QED) is 0.638. The molecule has 1 heterocycles. The van der Waals surface area contributed by atoms with Gasteiger partial charge in [-0.1, -0.05) is 12.8 Å². The van der Waals surface area contributed by atoms with E-state index in [0.717, 1.165) is 6.54 Å². The Morgan fingerprint density at radius 1 is 1.43 bits per heavy atom. The van der Waals surface area contributed by atoms with Crippen LogP contribution in [0.1, 0.15) is 25.7 Å². The summed E-state index contributed by atoms with van der Waals surface area (Å²) in [6.07, 6.45) is 5.14. The lowest BCUT2D eigenvalue weighted by atomic mass is 10.1. The van der Waals surface area contributed by atoms with E-state index in [1.165, 1.54) is 25.7 Å². The number of nitrogens with zero attached hydrogens (tertiary/aromatic N) is 1. The van der Waals surface area contributed by atoms with Crippen LogP contribution in [-0.2, 0) is 4.79 Å². The highest BCUT2D eigenvalue weighted by atomic mass is 16.2. The van der Waals surface area contributed by atoms with Crippen molar-refractivity contribution in [2.75, 3.05) is 19.6 Å². The summed E-state index contributed by atoms with van der Waals surface area (Å²) >= 11 is 0. The van der Waals surface area contributed by atoms with Crippen molar-refractivity contribution in [3.8, 4) is 0 Å². The largest absolute Gasteiger partial charge is 0.350 e. The first kappa shape index (κ1) is 9.93. The summed E-state index contributed by atoms with van der Waals surface area (Å²) < 4.78 is 0. The molecule has 1 unspecified atom stereocenters. The molecule has 0 aromatic heterocycles. The van der Waals surface area contributed by atoms with Gasteiger partial charge in [0.15, 0.2) is 0 Å². The summed E-state index contributed by atoms with van der Waals surface area (Å²) in [4.78, 5) is 13.7. The number of rotatable bonds is 2. The Labute approximate surface area is 84.8 Å². The molecule has 1 atom stereocenters. The molecule has 0 aromatic rings. The molecule has 0 aromatic carbocycles. The molecule has 1 aliphatic carbocycles. The van der Waals surface area contributed by atoms with Crippen molar-refractivity contribution in [1.82, 2.24) is 10.2 Å². The highest BCUT2D eigenvalue weighted by molar-refractivity contribution is 5.79. The van der Waals surface area contributed by atoms with E-state index >= 15 is 0 Å². The van der Waals surface area contributed by atoms with Crippen LogP contribution in [0.2, 0.25) is 0 Å². The predicted molar refractivity (Wildman–Crippen MR) is 54.8 cm³/mol. The Morgan fingerprint density at radius 3 is 2.79 bits per heavy atom. The van der Waals surface area contributed by atoms with Crippen LogP contribution in [0.3, 0.4) is 0 Å². The number of piperazine rings is 1. The minimum absolute atomic E-state index is 0.138. The zero-order valence-electron chi connectivity index (χ0n) is 8.54. The number of carbonyl (C=O) groups is 1. The van der Waals surface area contributed by atoms with Gasteiger partial charge in [-0.25, -0.2) is 0 Å². The zero-order chi connectivity index (χ0) is 9.97. The Morgan fingerprint density at radius 2 is 2.14 bits per heavy atom. The summed E-state index contributed by atoms with van der Waals surface area (Å²) in [5.41, 5.74) is 5.58. The maximum atomic E-state index is 11.4. The maximum Gasteiger partial charge on any atom is 0.234 e. The summed E-state index contributed by atoms with van der Waals surface area (Å²) in [6, 6.07) is 0.798. The molecule has 0 spiro atoms. The molecule has 2 aliphatic rings. The van der Waals surface area contributed by atoms with Crippen molar-refractivity contribution < 1.29 is 4.79 Å². The molecule has 1 amide bonds. The third kappa shape index (κ3) is 2.07. The molecular weight excluding hydrogens is 178 g/mol. The average Bonchev–Trinajstić information content (AvgIpc) is 2.69. The molecule has 1 aliphatic heterocycles. The number of hydrogen-bond donors (Lipinski definition) is 2. The van der Waals surface area contributed by atoms with E-state index in [2.05, 4.69) is 10.2 Å². The molecule has 2 fully saturated rings. The lowest BCUT2D eigenvalue weighted by Gasteiger charge is -2.36. The first-order valence-corrected chi connectivity index (χ1v) is 5.53. The zero-order valence-corrected chi connectivity index (χ0v) is 8.54. The van der Waals surface area contributed by atoms with Gasteiger partial charge in [0.25, 0.3) is 0 Å². The number of nitrogens with one attached hydrogen (secondary N) is 1. The first-order chi connectivity index (χ1) is 6.79. The second-order valence-electron chi connectivity index (χ2n) is 4.37. The summed E-state index contributed by atoms with van der Waals surface area (Å²) in [5, 5.41) is 2.91. The van der Waals surface area contributed by atoms with E-state index in [1.807, 2.05) is 0 Å². The third-order valence-corrected chi connectivity index (χ3v) is 3.29. The lowest BCUT2D eigenvalue weighted by molar-refractivity contribution is -0.126. The van der Waals surface area contributed by atoms with E-state index in [0.29, 0.717) is 19.1 Å². The van der Waals surface area contributed by atoms with Crippen LogP contribution in [0, 0.1) is 0 Å². The van der Waals surface area contributed by atoms with Crippen molar-refractivity contribution in [3.05, 3.63) is 0 Å². The standard InChI is InChI=1S/C10H19N3O/c11-5-8-6-13(7-10(14)12-8)9-3-1-2-4-9/h8-9H,1-7,11H2,(H,12,14). The van der Waals surface area contributed by atoms with Crippen molar-refractivity contribution in [2.24, 2.45) is 5.73 Å². The third-order valence-electron chi connectivity index (χ3n) is 3.29. The summed E-state index contributed by atoms with van der Waals surface area (Å²) in [5.74, 6) is 0.138. The number of hydrogen-bond acceptors (Lipinski definition) is 3. The van der Waals surface area contributed by atoms with Gasteiger partial charge in [0, 0.05) is 19.1 Å². The van der Waals surface area contributed by atoms with Gasteiger partial charge in [0.2, 0.25) is 5.91 Å². The van der Waals surface area contributed by atoms with Crippen LogP contribution < -0.4 is 11.1 Å². The number of amides is 1. The second-order valence-corrected chi connectivity index (χ2v) is 4.37. The van der Waals surface area contributed by atoms with Crippen LogP contribution in [0.25, 0.3) is 0 Å². The van der Waals surface area contributed by atoms with Gasteiger partial charge >= 0.3 is 0 Å². The minimum atomic E-state index is 0.138. The molecular formula is C10H19N3O. The van der Waals surface area contributed by atoms with E-state index < -0.39 is 0 Å². The van der Waals surface area contributed by atoms with Gasteiger partial charge in [-0.3, -0.25) is 9.69 Å². The van der Waals surface area contributed by atoms with Crippen molar-refractivity contribution in [2.45, 2.75) is 37.8 Å². The smallest absolute Gasteiger partial charge is 0.234 e. The summed E-state index contributed by atoms with van der Waals surface area (Å²) in [7, 11) is 0. The predicted octanol–water partition coefficient (Wildman–Crippen LogP) is -0.312. The van der Waals surface area contributed by atoms with E-state index in [4.69, 9.17) is 5.73 Å². The second kappa shape index (κ2) is 4.28. The maximum absolute atomic E-state index is 11.4. The fraction of sp³-hybridized carbons (Fsp3) is 0.900. The number of carbonyl (C=O) groups excluding carboxylic acids is 1. The fourth-order valence-corrected chi connectivity index (χ4v) is 2.53. The highest BCUT2D eigenvalue weighted by Crippen LogP contribution is 2.24. The van der Waals surface area contributed by atoms with Gasteiger partial charge in [-0.05, 0) is 12.8 Å². The molecule has 1 saturated carbocycles. The Balaban J connectivity index is 1.93. The molecule has 4 nitrogen and oxygen atoms in total. The van der Waals surface area contributed by atoms with Crippen LogP contribution >= 0.6 is 0 Å². The topological polar surface area (TPSA) is 58.4 Å². The molecule has 3 N–H and O–H groups in total. The molecule has 2 rings (SSSR count). The fourth-order valence-electron chi connectivity index (χ4n) is 2.53. The first-order valence-electron chi connectivity index (χ1n) is 5.53. The summed E-state index contributed by atoms with van der Waals surface area (Å²) in [6.45, 7) is 2.06. The van der Waals surface area contributed by atoms with E-state index in [1.54, 1.807) is 0 Å². The van der Waals surface area contributed by atoms with Crippen molar-refractivity contribution in [1.29, 1.82) is 0 Å². The van der Waals surface area contributed by atoms with Crippen LogP contribution in [0.5, 0.6) is 0 Å². The van der Waals surface area contributed by atoms with Gasteiger partial charge in [-0.2, -0.15) is 0 Å². The monoisotopic (exact) mass is 197 g/mol. The Hall–Kier alpha value is -0.610. The Kier molecular flexibility index (Phi) is 3.03. The molecule has 0 bridgehead atoms. The lowest BCUT2D eigenvalue weighted by Crippen LogP contribution is -2.58. The SMILES string of the molecule is NCC1CN(C2CCCC2)CC(=O)N1. The van der Waals surface area contributed by atoms with Gasteiger partial charge < -0.3 is 11.1 Å². The van der Waals surface area contributed by atoms with Crippen molar-refractivity contribution in [3.63, 3.8) is 0 Å². The molecule has 14 heavy (non-hydrogen) atoms. The molecule has 0 radical (unpaired) electrons. The van der Waals surface area contributed by atoms with E-state index in [-0.39, 0.29) is 11.9 Å². The minimum Gasteiger partial charge on any atom is -0.350 e. The average molecular weight is 197 g/mol. The molecule has 1 saturated heterocycles. The van der Waals surface area contributed by atoms with Gasteiger partial charge in [0.1, 0.15) is 0 Å².